The number of Topliss-reactive ketones (excluding diaryl/α,β-unsaturated/α-hetero) is 1. The predicted molar refractivity (Wildman–Crippen MR) is 155 cm³/mol. The minimum atomic E-state index is -3.83. The summed E-state index contributed by atoms with van der Waals surface area (Å²) < 4.78 is 39.7. The van der Waals surface area contributed by atoms with Crippen LogP contribution in [0.15, 0.2) is 83.9 Å². The van der Waals surface area contributed by atoms with E-state index in [-0.39, 0.29) is 32.1 Å². The van der Waals surface area contributed by atoms with Crippen molar-refractivity contribution >= 4 is 25.5 Å². The molecule has 0 radical (unpaired) electrons. The molecule has 9 heteroatoms. The number of hydrogen-bond acceptors (Lipinski definition) is 7. The lowest BCUT2D eigenvalue weighted by atomic mass is 9.93. The maximum absolute atomic E-state index is 14.3. The monoisotopic (exact) mass is 569 g/mol. The van der Waals surface area contributed by atoms with Crippen LogP contribution in [0, 0.1) is 28.5 Å². The van der Waals surface area contributed by atoms with Gasteiger partial charge in [-0.2, -0.15) is 10.5 Å². The van der Waals surface area contributed by atoms with Crippen LogP contribution in [0.3, 0.4) is 0 Å². The summed E-state index contributed by atoms with van der Waals surface area (Å²) in [6.45, 7) is 3.94. The highest BCUT2D eigenvalue weighted by atomic mass is 31.2. The van der Waals surface area contributed by atoms with Crippen molar-refractivity contribution in [2.24, 2.45) is 0 Å². The van der Waals surface area contributed by atoms with Gasteiger partial charge in [0.1, 0.15) is 11.6 Å². The SMILES string of the molecule is CCOP(=O)(OCC)C(c1ccc(F)cc1)N1C/C(=C\c2ccc(C#N)cc2)C(=O)/C(=C/c2ccc(C#N)cc2)C1. The lowest BCUT2D eigenvalue weighted by molar-refractivity contribution is -0.113. The van der Waals surface area contributed by atoms with Crippen molar-refractivity contribution in [3.63, 3.8) is 0 Å². The molecule has 4 rings (SSSR count). The van der Waals surface area contributed by atoms with E-state index in [0.29, 0.717) is 27.8 Å². The fourth-order valence-electron chi connectivity index (χ4n) is 4.72. The maximum Gasteiger partial charge on any atom is 0.352 e. The second kappa shape index (κ2) is 13.5. The predicted octanol–water partition coefficient (Wildman–Crippen LogP) is 6.89. The second-order valence-corrected chi connectivity index (χ2v) is 11.4. The molecule has 1 heterocycles. The van der Waals surface area contributed by atoms with Crippen LogP contribution in [0.2, 0.25) is 0 Å². The average Bonchev–Trinajstić information content (AvgIpc) is 2.97. The van der Waals surface area contributed by atoms with Gasteiger partial charge in [0.25, 0.3) is 0 Å². The van der Waals surface area contributed by atoms with Crippen LogP contribution in [-0.4, -0.2) is 37.0 Å². The van der Waals surface area contributed by atoms with Gasteiger partial charge in [-0.3, -0.25) is 14.3 Å². The number of carbonyl (C=O) groups is 1. The van der Waals surface area contributed by atoms with Crippen molar-refractivity contribution in [3.8, 4) is 12.1 Å². The first-order chi connectivity index (χ1) is 19.8. The molecule has 1 atom stereocenters. The van der Waals surface area contributed by atoms with Gasteiger partial charge >= 0.3 is 7.60 Å². The summed E-state index contributed by atoms with van der Waals surface area (Å²) in [4.78, 5) is 15.6. The van der Waals surface area contributed by atoms with Crippen molar-refractivity contribution in [2.75, 3.05) is 26.3 Å². The van der Waals surface area contributed by atoms with Crippen LogP contribution in [-0.2, 0) is 18.4 Å². The summed E-state index contributed by atoms with van der Waals surface area (Å²) in [6, 6.07) is 23.6. The fraction of sp³-hybridized carbons (Fsp3) is 0.219. The quantitative estimate of drug-likeness (QED) is 0.204. The van der Waals surface area contributed by atoms with E-state index in [0.717, 1.165) is 11.1 Å². The van der Waals surface area contributed by atoms with Gasteiger partial charge in [0, 0.05) is 24.2 Å². The molecule has 0 saturated carbocycles. The van der Waals surface area contributed by atoms with Crippen LogP contribution < -0.4 is 0 Å². The highest BCUT2D eigenvalue weighted by molar-refractivity contribution is 7.54. The average molecular weight is 570 g/mol. The molecule has 1 fully saturated rings. The number of halogens is 1. The first-order valence-corrected chi connectivity index (χ1v) is 14.8. The van der Waals surface area contributed by atoms with E-state index in [1.54, 1.807) is 86.7 Å². The Kier molecular flexibility index (Phi) is 9.78. The summed E-state index contributed by atoms with van der Waals surface area (Å²) in [5, 5.41) is 18.3. The van der Waals surface area contributed by atoms with Crippen LogP contribution >= 0.6 is 7.60 Å². The minimum absolute atomic E-state index is 0.121. The number of piperidine rings is 1. The summed E-state index contributed by atoms with van der Waals surface area (Å²) in [7, 11) is -3.83. The first kappa shape index (κ1) is 29.8. The zero-order chi connectivity index (χ0) is 29.4. The second-order valence-electron chi connectivity index (χ2n) is 9.34. The highest BCUT2D eigenvalue weighted by Gasteiger charge is 2.44. The molecule has 0 N–H and O–H groups in total. The summed E-state index contributed by atoms with van der Waals surface area (Å²) in [6.07, 6.45) is 3.49. The summed E-state index contributed by atoms with van der Waals surface area (Å²) in [5.41, 5.74) is 3.85. The fourth-order valence-corrected chi connectivity index (χ4v) is 6.89. The van der Waals surface area contributed by atoms with E-state index in [1.165, 1.54) is 12.1 Å². The number of rotatable bonds is 9. The number of nitriles is 2. The molecule has 0 aliphatic carbocycles. The van der Waals surface area contributed by atoms with Crippen molar-refractivity contribution in [1.29, 1.82) is 10.5 Å². The van der Waals surface area contributed by atoms with Crippen LogP contribution in [0.5, 0.6) is 0 Å². The van der Waals surface area contributed by atoms with E-state index in [9.17, 15) is 13.8 Å². The highest BCUT2D eigenvalue weighted by Crippen LogP contribution is 2.62. The molecule has 3 aromatic carbocycles. The number of ketones is 1. The van der Waals surface area contributed by atoms with Crippen molar-refractivity contribution < 1.29 is 22.8 Å². The van der Waals surface area contributed by atoms with Gasteiger partial charge in [0.2, 0.25) is 0 Å². The molecule has 1 aliphatic rings. The number of hydrogen-bond donors (Lipinski definition) is 0. The Balaban J connectivity index is 1.86. The largest absolute Gasteiger partial charge is 0.352 e. The summed E-state index contributed by atoms with van der Waals surface area (Å²) in [5.74, 6) is -1.55. The minimum Gasteiger partial charge on any atom is -0.308 e. The Morgan fingerprint density at radius 3 is 1.66 bits per heavy atom. The van der Waals surface area contributed by atoms with Gasteiger partial charge in [0.15, 0.2) is 5.78 Å². The van der Waals surface area contributed by atoms with Crippen LogP contribution in [0.25, 0.3) is 12.2 Å². The molecule has 0 spiro atoms. The molecule has 41 heavy (non-hydrogen) atoms. The van der Waals surface area contributed by atoms with E-state index >= 15 is 0 Å². The third-order valence-corrected chi connectivity index (χ3v) is 8.98. The standard InChI is InChI=1S/C32H29FN3O4P/c1-3-39-41(38,40-4-2)32(27-13-15-30(33)16-14-27)36-21-28(17-23-5-9-25(19-34)10-6-23)31(37)29(22-36)18-24-7-11-26(20-35)12-8-24/h5-18,32H,3-4,21-22H2,1-2H3/b28-17+,29-18+. The number of likely N-dealkylation sites (tertiary alicyclic amines) is 1. The Morgan fingerprint density at radius 1 is 0.829 bits per heavy atom. The van der Waals surface area contributed by atoms with Crippen LogP contribution in [0.1, 0.15) is 47.4 Å². The molecule has 1 saturated heterocycles. The van der Waals surface area contributed by atoms with Crippen molar-refractivity contribution in [2.45, 2.75) is 19.6 Å². The van der Waals surface area contributed by atoms with Gasteiger partial charge < -0.3 is 9.05 Å². The molecule has 7 nitrogen and oxygen atoms in total. The van der Waals surface area contributed by atoms with E-state index < -0.39 is 19.2 Å². The Labute approximate surface area is 239 Å². The van der Waals surface area contributed by atoms with Crippen LogP contribution in [0.4, 0.5) is 4.39 Å². The molecular weight excluding hydrogens is 540 g/mol. The molecule has 0 bridgehead atoms. The third-order valence-electron chi connectivity index (χ3n) is 6.52. The van der Waals surface area contributed by atoms with Crippen molar-refractivity contribution in [3.05, 3.63) is 118 Å². The maximum atomic E-state index is 14.3. The number of benzene rings is 3. The molecule has 3 aromatic rings. The van der Waals surface area contributed by atoms with Gasteiger partial charge in [-0.05, 0) is 79.1 Å². The van der Waals surface area contributed by atoms with Gasteiger partial charge in [-0.15, -0.1) is 0 Å². The third kappa shape index (κ3) is 7.13. The molecule has 1 aliphatic heterocycles. The Morgan fingerprint density at radius 2 is 1.27 bits per heavy atom. The molecule has 1 unspecified atom stereocenters. The topological polar surface area (TPSA) is 103 Å². The zero-order valence-electron chi connectivity index (χ0n) is 22.8. The summed E-state index contributed by atoms with van der Waals surface area (Å²) >= 11 is 0. The Bertz CT molecular complexity index is 1490. The van der Waals surface area contributed by atoms with E-state index in [4.69, 9.17) is 19.6 Å². The number of nitrogens with zero attached hydrogens (tertiary/aromatic N) is 3. The Hall–Kier alpha value is -4.17. The smallest absolute Gasteiger partial charge is 0.308 e. The molecule has 0 aromatic heterocycles. The first-order valence-electron chi connectivity index (χ1n) is 13.1. The van der Waals surface area contributed by atoms with Crippen molar-refractivity contribution in [1.82, 2.24) is 4.90 Å². The van der Waals surface area contributed by atoms with E-state index in [1.807, 2.05) is 4.90 Å². The zero-order valence-corrected chi connectivity index (χ0v) is 23.7. The lowest BCUT2D eigenvalue weighted by Crippen LogP contribution is -2.40. The van der Waals surface area contributed by atoms with Gasteiger partial charge in [0.05, 0.1) is 36.5 Å². The normalized spacial score (nSPS) is 16.9. The number of carbonyl (C=O) groups excluding carboxylic acids is 1. The van der Waals surface area contributed by atoms with E-state index in [2.05, 4.69) is 12.1 Å². The molecular formula is C32H29FN3O4P. The molecule has 0 amide bonds. The molecule has 208 valence electrons. The van der Waals surface area contributed by atoms with Gasteiger partial charge in [-0.25, -0.2) is 4.39 Å². The lowest BCUT2D eigenvalue weighted by Gasteiger charge is -2.39. The van der Waals surface area contributed by atoms with Gasteiger partial charge in [-0.1, -0.05) is 36.4 Å².